The van der Waals surface area contributed by atoms with Crippen molar-refractivity contribution in [1.82, 2.24) is 15.1 Å². The van der Waals surface area contributed by atoms with Crippen LogP contribution in [0.25, 0.3) is 0 Å². The number of aliphatic hydroxyl groups is 1. The summed E-state index contributed by atoms with van der Waals surface area (Å²) in [6.07, 6.45) is 3.56. The van der Waals surface area contributed by atoms with Crippen LogP contribution in [-0.4, -0.2) is 27.5 Å². The molecule has 0 spiro atoms. The maximum atomic E-state index is 10.4. The van der Waals surface area contributed by atoms with Crippen molar-refractivity contribution in [3.8, 4) is 0 Å². The number of aryl methyl sites for hydroxylation is 1. The first-order valence-electron chi connectivity index (χ1n) is 6.08. The molecule has 0 amide bonds. The second-order valence-corrected chi connectivity index (χ2v) is 6.15. The van der Waals surface area contributed by atoms with Crippen molar-refractivity contribution >= 4 is 0 Å². The molecule has 1 aromatic rings. The molecule has 2 unspecified atom stereocenters. The Kier molecular flexibility index (Phi) is 3.99. The van der Waals surface area contributed by atoms with Crippen LogP contribution in [0.5, 0.6) is 0 Å². The van der Waals surface area contributed by atoms with Gasteiger partial charge in [-0.05, 0) is 19.3 Å². The second-order valence-electron chi connectivity index (χ2n) is 6.15. The third-order valence-corrected chi connectivity index (χ3v) is 3.38. The van der Waals surface area contributed by atoms with E-state index in [-0.39, 0.29) is 5.41 Å². The largest absolute Gasteiger partial charge is 0.384 e. The molecule has 2 atom stereocenters. The molecule has 0 saturated heterocycles. The van der Waals surface area contributed by atoms with Gasteiger partial charge in [0.1, 0.15) is 5.60 Å². The summed E-state index contributed by atoms with van der Waals surface area (Å²) < 4.78 is 1.71. The van der Waals surface area contributed by atoms with Crippen LogP contribution in [0.1, 0.15) is 40.2 Å². The number of hydrogen-bond acceptors (Lipinski definition) is 3. The van der Waals surface area contributed by atoms with Gasteiger partial charge in [-0.15, -0.1) is 0 Å². The van der Waals surface area contributed by atoms with Crippen LogP contribution < -0.4 is 5.32 Å². The molecule has 0 radical (unpaired) electrons. The molecule has 0 aliphatic rings. The summed E-state index contributed by atoms with van der Waals surface area (Å²) in [6.45, 7) is 11.0. The van der Waals surface area contributed by atoms with Gasteiger partial charge >= 0.3 is 0 Å². The Labute approximate surface area is 104 Å². The van der Waals surface area contributed by atoms with Crippen molar-refractivity contribution in [3.63, 3.8) is 0 Å². The van der Waals surface area contributed by atoms with Crippen molar-refractivity contribution in [3.05, 3.63) is 18.0 Å². The van der Waals surface area contributed by atoms with Crippen molar-refractivity contribution in [2.45, 2.75) is 46.3 Å². The quantitative estimate of drug-likeness (QED) is 0.840. The number of rotatable bonds is 4. The third-order valence-electron chi connectivity index (χ3n) is 3.38. The number of nitrogens with zero attached hydrogens (tertiary/aromatic N) is 2. The van der Waals surface area contributed by atoms with E-state index in [1.165, 1.54) is 0 Å². The van der Waals surface area contributed by atoms with Crippen molar-refractivity contribution in [2.24, 2.45) is 12.5 Å². The van der Waals surface area contributed by atoms with Gasteiger partial charge in [0.05, 0.1) is 6.20 Å². The fourth-order valence-electron chi connectivity index (χ4n) is 1.46. The summed E-state index contributed by atoms with van der Waals surface area (Å²) in [7, 11) is 1.85. The van der Waals surface area contributed by atoms with E-state index in [1.807, 2.05) is 20.2 Å². The fourth-order valence-corrected chi connectivity index (χ4v) is 1.46. The molecule has 0 bridgehead atoms. The predicted octanol–water partition coefficient (Wildman–Crippen LogP) is 1.65. The Morgan fingerprint density at radius 1 is 1.41 bits per heavy atom. The minimum atomic E-state index is -0.881. The first-order chi connectivity index (χ1) is 7.63. The van der Waals surface area contributed by atoms with E-state index in [9.17, 15) is 5.11 Å². The van der Waals surface area contributed by atoms with E-state index in [0.29, 0.717) is 12.6 Å². The minimum Gasteiger partial charge on any atom is -0.384 e. The number of nitrogens with one attached hydrogen (secondary N) is 1. The van der Waals surface area contributed by atoms with Gasteiger partial charge in [0.25, 0.3) is 0 Å². The molecule has 1 aromatic heterocycles. The standard InChI is InChI=1S/C13H25N3O/c1-10(12(2,3)4)14-9-13(5,17)11-7-15-16(6)8-11/h7-8,10,14,17H,9H2,1-6H3. The Hall–Kier alpha value is -0.870. The summed E-state index contributed by atoms with van der Waals surface area (Å²) in [5, 5.41) is 17.9. The van der Waals surface area contributed by atoms with Crippen LogP contribution in [0.2, 0.25) is 0 Å². The minimum absolute atomic E-state index is 0.186. The molecule has 0 saturated carbocycles. The highest BCUT2D eigenvalue weighted by atomic mass is 16.3. The van der Waals surface area contributed by atoms with E-state index < -0.39 is 5.60 Å². The smallest absolute Gasteiger partial charge is 0.102 e. The van der Waals surface area contributed by atoms with E-state index in [1.54, 1.807) is 10.9 Å². The van der Waals surface area contributed by atoms with E-state index in [2.05, 4.69) is 38.1 Å². The third kappa shape index (κ3) is 3.82. The van der Waals surface area contributed by atoms with Gasteiger partial charge in [0.2, 0.25) is 0 Å². The molecule has 0 aliphatic heterocycles. The average molecular weight is 239 g/mol. The molecule has 4 nitrogen and oxygen atoms in total. The van der Waals surface area contributed by atoms with Crippen molar-refractivity contribution in [2.75, 3.05) is 6.54 Å². The van der Waals surface area contributed by atoms with Crippen LogP contribution in [0.3, 0.4) is 0 Å². The van der Waals surface area contributed by atoms with Crippen LogP contribution in [0.15, 0.2) is 12.4 Å². The van der Waals surface area contributed by atoms with Crippen LogP contribution in [-0.2, 0) is 12.6 Å². The summed E-state index contributed by atoms with van der Waals surface area (Å²) >= 11 is 0. The van der Waals surface area contributed by atoms with E-state index >= 15 is 0 Å². The van der Waals surface area contributed by atoms with Gasteiger partial charge in [-0.1, -0.05) is 20.8 Å². The lowest BCUT2D eigenvalue weighted by molar-refractivity contribution is 0.0495. The fraction of sp³-hybridized carbons (Fsp3) is 0.769. The SMILES string of the molecule is CC(NCC(C)(O)c1cnn(C)c1)C(C)(C)C. The zero-order valence-electron chi connectivity index (χ0n) is 11.8. The zero-order chi connectivity index (χ0) is 13.3. The molecular formula is C13H25N3O. The Bertz CT molecular complexity index is 363. The van der Waals surface area contributed by atoms with Gasteiger partial charge in [-0.2, -0.15) is 5.10 Å². The lowest BCUT2D eigenvalue weighted by Gasteiger charge is -2.32. The first-order valence-corrected chi connectivity index (χ1v) is 6.08. The monoisotopic (exact) mass is 239 g/mol. The second kappa shape index (κ2) is 4.78. The highest BCUT2D eigenvalue weighted by molar-refractivity contribution is 5.14. The van der Waals surface area contributed by atoms with Gasteiger partial charge in [0.15, 0.2) is 0 Å². The Morgan fingerprint density at radius 2 is 2.00 bits per heavy atom. The molecule has 0 aliphatic carbocycles. The number of aromatic nitrogens is 2. The summed E-state index contributed by atoms with van der Waals surface area (Å²) in [5.41, 5.74) is 0.146. The molecule has 17 heavy (non-hydrogen) atoms. The van der Waals surface area contributed by atoms with Gasteiger partial charge in [-0.25, -0.2) is 0 Å². The molecule has 1 rings (SSSR count). The van der Waals surface area contributed by atoms with E-state index in [0.717, 1.165) is 5.56 Å². The lowest BCUT2D eigenvalue weighted by atomic mass is 9.87. The highest BCUT2D eigenvalue weighted by Crippen LogP contribution is 2.22. The average Bonchev–Trinajstić information content (AvgIpc) is 2.60. The van der Waals surface area contributed by atoms with Crippen LogP contribution >= 0.6 is 0 Å². The predicted molar refractivity (Wildman–Crippen MR) is 69.7 cm³/mol. The molecular weight excluding hydrogens is 214 g/mol. The lowest BCUT2D eigenvalue weighted by Crippen LogP contribution is -2.44. The number of hydrogen-bond donors (Lipinski definition) is 2. The van der Waals surface area contributed by atoms with Gasteiger partial charge < -0.3 is 10.4 Å². The molecule has 98 valence electrons. The molecule has 1 heterocycles. The summed E-state index contributed by atoms with van der Waals surface area (Å²) in [4.78, 5) is 0. The summed E-state index contributed by atoms with van der Waals surface area (Å²) in [6, 6.07) is 0.339. The first kappa shape index (κ1) is 14.2. The normalized spacial score (nSPS) is 17.8. The van der Waals surface area contributed by atoms with Crippen molar-refractivity contribution < 1.29 is 5.11 Å². The van der Waals surface area contributed by atoms with Gasteiger partial charge in [-0.3, -0.25) is 4.68 Å². The zero-order valence-corrected chi connectivity index (χ0v) is 11.8. The van der Waals surface area contributed by atoms with Crippen molar-refractivity contribution in [1.29, 1.82) is 0 Å². The van der Waals surface area contributed by atoms with E-state index in [4.69, 9.17) is 0 Å². The molecule has 4 heteroatoms. The maximum Gasteiger partial charge on any atom is 0.102 e. The topological polar surface area (TPSA) is 50.1 Å². The highest BCUT2D eigenvalue weighted by Gasteiger charge is 2.27. The molecule has 0 aromatic carbocycles. The Morgan fingerprint density at radius 3 is 2.41 bits per heavy atom. The maximum absolute atomic E-state index is 10.4. The van der Waals surface area contributed by atoms with Gasteiger partial charge in [0, 0.05) is 31.4 Å². The Balaban J connectivity index is 2.62. The molecule has 0 fully saturated rings. The van der Waals surface area contributed by atoms with Crippen LogP contribution in [0, 0.1) is 5.41 Å². The summed E-state index contributed by atoms with van der Waals surface area (Å²) in [5.74, 6) is 0. The molecule has 2 N–H and O–H groups in total. The van der Waals surface area contributed by atoms with Crippen LogP contribution in [0.4, 0.5) is 0 Å².